The Balaban J connectivity index is 2.80. The van der Waals surface area contributed by atoms with Crippen LogP contribution in [0.4, 0.5) is 0 Å². The van der Waals surface area contributed by atoms with E-state index >= 15 is 0 Å². The number of aromatic hydroxyl groups is 1. The molecule has 0 saturated carbocycles. The largest absolute Gasteiger partial charge is 0.506 e. The third-order valence-corrected chi connectivity index (χ3v) is 4.75. The molecule has 0 aliphatic rings. The summed E-state index contributed by atoms with van der Waals surface area (Å²) in [7, 11) is 0. The van der Waals surface area contributed by atoms with Crippen LogP contribution in [0, 0.1) is 6.92 Å². The molecule has 0 unspecified atom stereocenters. The fourth-order valence-corrected chi connectivity index (χ4v) is 3.23. The lowest BCUT2D eigenvalue weighted by Crippen LogP contribution is -2.13. The van der Waals surface area contributed by atoms with E-state index in [2.05, 4.69) is 6.58 Å². The van der Waals surface area contributed by atoms with Gasteiger partial charge >= 0.3 is 5.97 Å². The molecular weight excluding hydrogens is 350 g/mol. The maximum absolute atomic E-state index is 12.9. The predicted octanol–water partition coefficient (Wildman–Crippen LogP) is 4.36. The number of allylic oxidation sites excluding steroid dienone is 2. The van der Waals surface area contributed by atoms with Crippen molar-refractivity contribution >= 4 is 46.1 Å². The molecule has 1 aromatic heterocycles. The number of carbonyl (C=O) groups is 2. The zero-order chi connectivity index (χ0) is 18.0. The van der Waals surface area contributed by atoms with Crippen LogP contribution in [0.3, 0.4) is 0 Å². The smallest absolute Gasteiger partial charge is 0.307 e. The number of carbonyl (C=O) groups excluding carboxylic acids is 1. The van der Waals surface area contributed by atoms with Crippen LogP contribution in [0.25, 0.3) is 10.9 Å². The number of hydrogen-bond donors (Lipinski definition) is 2. The molecule has 1 aromatic carbocycles. The van der Waals surface area contributed by atoms with Gasteiger partial charge in [0.15, 0.2) is 0 Å². The summed E-state index contributed by atoms with van der Waals surface area (Å²) in [6.45, 7) is 7.02. The molecule has 24 heavy (non-hydrogen) atoms. The van der Waals surface area contributed by atoms with Gasteiger partial charge in [-0.1, -0.05) is 36.0 Å². The number of aliphatic carboxylic acids is 1. The number of phenolic OH excluding ortho intramolecular Hbond substituents is 1. The molecule has 5 nitrogen and oxygen atoms in total. The summed E-state index contributed by atoms with van der Waals surface area (Å²) >= 11 is 7.16. The van der Waals surface area contributed by atoms with E-state index in [1.54, 1.807) is 25.3 Å². The van der Waals surface area contributed by atoms with Gasteiger partial charge in [-0.15, -0.1) is 0 Å². The molecule has 0 aliphatic heterocycles. The summed E-state index contributed by atoms with van der Waals surface area (Å²) in [5.41, 5.74) is 1.43. The lowest BCUT2D eigenvalue weighted by Gasteiger charge is -2.09. The summed E-state index contributed by atoms with van der Waals surface area (Å²) in [5, 5.41) is 21.1. The van der Waals surface area contributed by atoms with Crippen molar-refractivity contribution in [3.63, 3.8) is 0 Å². The molecule has 0 bridgehead atoms. The number of phenols is 1. The van der Waals surface area contributed by atoms with Crippen LogP contribution in [0.5, 0.6) is 5.75 Å². The van der Waals surface area contributed by atoms with Gasteiger partial charge in [-0.05, 0) is 37.0 Å². The average molecular weight is 366 g/mol. The molecule has 7 heteroatoms. The minimum absolute atomic E-state index is 0.0920. The van der Waals surface area contributed by atoms with Gasteiger partial charge in [0, 0.05) is 11.1 Å². The predicted molar refractivity (Wildman–Crippen MR) is 96.9 cm³/mol. The highest BCUT2D eigenvalue weighted by Gasteiger charge is 2.23. The number of rotatable bonds is 5. The van der Waals surface area contributed by atoms with Crippen LogP contribution < -0.4 is 0 Å². The molecular formula is C17H16ClNO4S. The maximum Gasteiger partial charge on any atom is 0.307 e. The molecule has 2 rings (SSSR count). The van der Waals surface area contributed by atoms with Crippen molar-refractivity contribution < 1.29 is 19.8 Å². The summed E-state index contributed by atoms with van der Waals surface area (Å²) < 4.78 is 1.42. The van der Waals surface area contributed by atoms with E-state index < -0.39 is 5.97 Å². The van der Waals surface area contributed by atoms with Crippen LogP contribution in [0.15, 0.2) is 35.1 Å². The van der Waals surface area contributed by atoms with Gasteiger partial charge in [0.25, 0.3) is 5.91 Å². The van der Waals surface area contributed by atoms with Crippen molar-refractivity contribution in [1.29, 1.82) is 0 Å². The second kappa shape index (κ2) is 7.15. The zero-order valence-electron chi connectivity index (χ0n) is 13.2. The summed E-state index contributed by atoms with van der Waals surface area (Å²) in [6, 6.07) is 2.86. The van der Waals surface area contributed by atoms with Gasteiger partial charge in [-0.2, -0.15) is 0 Å². The quantitative estimate of drug-likeness (QED) is 0.770. The number of aromatic nitrogens is 1. The first-order valence-corrected chi connectivity index (χ1v) is 8.30. The first-order valence-electron chi connectivity index (χ1n) is 7.04. The van der Waals surface area contributed by atoms with E-state index in [0.29, 0.717) is 27.1 Å². The molecule has 0 amide bonds. The van der Waals surface area contributed by atoms with Crippen LogP contribution in [-0.2, 0) is 11.2 Å². The third kappa shape index (κ3) is 3.20. The Hall–Kier alpha value is -2.18. The normalized spacial score (nSPS) is 11.7. The van der Waals surface area contributed by atoms with Crippen molar-refractivity contribution in [1.82, 2.24) is 4.57 Å². The van der Waals surface area contributed by atoms with Gasteiger partial charge in [0.05, 0.1) is 21.9 Å². The van der Waals surface area contributed by atoms with E-state index in [9.17, 15) is 14.7 Å². The second-order valence-corrected chi connectivity index (χ2v) is 6.45. The monoisotopic (exact) mass is 365 g/mol. The summed E-state index contributed by atoms with van der Waals surface area (Å²) in [5.74, 6) is -1.49. The van der Waals surface area contributed by atoms with E-state index in [1.807, 2.05) is 0 Å². The average Bonchev–Trinajstić information content (AvgIpc) is 2.76. The number of benzene rings is 1. The fraction of sp³-hybridized carbons (Fsp3) is 0.176. The molecule has 0 saturated heterocycles. The van der Waals surface area contributed by atoms with Crippen LogP contribution in [0.1, 0.15) is 23.0 Å². The first-order chi connectivity index (χ1) is 11.3. The molecule has 0 aliphatic carbocycles. The number of thioether (sulfide) groups is 1. The van der Waals surface area contributed by atoms with Crippen molar-refractivity contribution in [3.05, 3.63) is 51.4 Å². The summed E-state index contributed by atoms with van der Waals surface area (Å²) in [6.07, 6.45) is 1.41. The first kappa shape index (κ1) is 18.2. The molecule has 0 spiro atoms. The minimum Gasteiger partial charge on any atom is -0.506 e. The standard InChI is InChI=1S/C17H16ClNO4S/c1-4-15(24-5-2)17(23)19-9(3)10(7-16(21)22)11-6-14(20)12(18)8-13(11)19/h4-6,8,20H,2,7H2,1,3H3,(H,21,22)/b15-4-. The number of carboxylic acid groups (broad SMARTS) is 1. The van der Waals surface area contributed by atoms with E-state index in [4.69, 9.17) is 16.7 Å². The number of nitrogens with zero attached hydrogens (tertiary/aromatic N) is 1. The van der Waals surface area contributed by atoms with Crippen molar-refractivity contribution in [2.45, 2.75) is 20.3 Å². The minimum atomic E-state index is -1.02. The Morgan fingerprint density at radius 1 is 1.42 bits per heavy atom. The van der Waals surface area contributed by atoms with E-state index in [-0.39, 0.29) is 23.1 Å². The lowest BCUT2D eigenvalue weighted by molar-refractivity contribution is -0.136. The highest BCUT2D eigenvalue weighted by atomic mass is 35.5. The van der Waals surface area contributed by atoms with Gasteiger partial charge < -0.3 is 10.2 Å². The van der Waals surface area contributed by atoms with Crippen molar-refractivity contribution in [2.24, 2.45) is 0 Å². The van der Waals surface area contributed by atoms with Gasteiger partial charge in [-0.3, -0.25) is 14.2 Å². The lowest BCUT2D eigenvalue weighted by atomic mass is 10.1. The Morgan fingerprint density at radius 3 is 2.62 bits per heavy atom. The Labute approximate surface area is 148 Å². The number of hydrogen-bond acceptors (Lipinski definition) is 4. The summed E-state index contributed by atoms with van der Waals surface area (Å²) in [4.78, 5) is 24.5. The molecule has 1 heterocycles. The fourth-order valence-electron chi connectivity index (χ4n) is 2.57. The number of carboxylic acids is 1. The highest BCUT2D eigenvalue weighted by molar-refractivity contribution is 8.06. The molecule has 126 valence electrons. The molecule has 0 atom stereocenters. The van der Waals surface area contributed by atoms with Crippen LogP contribution >= 0.6 is 23.4 Å². The van der Waals surface area contributed by atoms with Gasteiger partial charge in [0.1, 0.15) is 5.75 Å². The second-order valence-electron chi connectivity index (χ2n) is 5.03. The number of fused-ring (bicyclic) bond motifs is 1. The SMILES string of the molecule is C=CS/C(=C\C)C(=O)n1c(C)c(CC(=O)O)c2cc(O)c(Cl)cc21. The van der Waals surface area contributed by atoms with Crippen molar-refractivity contribution in [3.8, 4) is 5.75 Å². The topological polar surface area (TPSA) is 79.5 Å². The molecule has 2 N–H and O–H groups in total. The third-order valence-electron chi connectivity index (χ3n) is 3.62. The van der Waals surface area contributed by atoms with Gasteiger partial charge in [-0.25, -0.2) is 0 Å². The zero-order valence-corrected chi connectivity index (χ0v) is 14.7. The molecule has 0 radical (unpaired) electrons. The van der Waals surface area contributed by atoms with Gasteiger partial charge in [0.2, 0.25) is 0 Å². The molecule has 0 fully saturated rings. The molecule has 2 aromatic rings. The van der Waals surface area contributed by atoms with Crippen molar-refractivity contribution in [2.75, 3.05) is 0 Å². The van der Waals surface area contributed by atoms with Crippen LogP contribution in [0.2, 0.25) is 5.02 Å². The maximum atomic E-state index is 12.9. The Morgan fingerprint density at radius 2 is 2.08 bits per heavy atom. The Kier molecular flexibility index (Phi) is 5.41. The van der Waals surface area contributed by atoms with Crippen LogP contribution in [-0.4, -0.2) is 26.7 Å². The number of halogens is 1. The Bertz CT molecular complexity index is 883. The van der Waals surface area contributed by atoms with E-state index in [1.165, 1.54) is 28.5 Å². The highest BCUT2D eigenvalue weighted by Crippen LogP contribution is 2.35. The van der Waals surface area contributed by atoms with E-state index in [0.717, 1.165) is 0 Å².